The second-order valence-electron chi connectivity index (χ2n) is 6.86. The van der Waals surface area contributed by atoms with Crippen molar-refractivity contribution in [3.8, 4) is 22.5 Å². The Hall–Kier alpha value is -3.44. The second kappa shape index (κ2) is 9.37. The fourth-order valence-electron chi connectivity index (χ4n) is 2.97. The molecule has 0 atom stereocenters. The first kappa shape index (κ1) is 19.9. The molecule has 0 saturated heterocycles. The zero-order chi connectivity index (χ0) is 20.8. The van der Waals surface area contributed by atoms with Crippen LogP contribution in [0.15, 0.2) is 96.2 Å². The predicted octanol–water partition coefficient (Wildman–Crippen LogP) is 5.85. The van der Waals surface area contributed by atoms with E-state index < -0.39 is 0 Å². The third-order valence-corrected chi connectivity index (χ3v) is 5.36. The molecular weight excluding hydrogens is 390 g/mol. The van der Waals surface area contributed by atoms with E-state index in [0.717, 1.165) is 33.8 Å². The summed E-state index contributed by atoms with van der Waals surface area (Å²) in [6.45, 7) is 2.02. The topological polar surface area (TPSA) is 54.9 Å². The van der Waals surface area contributed by atoms with Crippen LogP contribution >= 0.6 is 11.8 Å². The zero-order valence-electron chi connectivity index (χ0n) is 16.6. The van der Waals surface area contributed by atoms with Gasteiger partial charge in [-0.15, -0.1) is 0 Å². The van der Waals surface area contributed by atoms with E-state index in [1.54, 1.807) is 0 Å². The van der Waals surface area contributed by atoms with Gasteiger partial charge in [-0.05, 0) is 25.1 Å². The zero-order valence-corrected chi connectivity index (χ0v) is 17.4. The monoisotopic (exact) mass is 411 g/mol. The summed E-state index contributed by atoms with van der Waals surface area (Å²) in [4.78, 5) is 21.8. The molecule has 5 heteroatoms. The van der Waals surface area contributed by atoms with Crippen LogP contribution in [0, 0.1) is 6.92 Å². The Kier molecular flexibility index (Phi) is 6.20. The number of anilines is 1. The normalized spacial score (nSPS) is 10.6. The van der Waals surface area contributed by atoms with Gasteiger partial charge in [0, 0.05) is 16.8 Å². The summed E-state index contributed by atoms with van der Waals surface area (Å²) in [6.07, 6.45) is 0. The van der Waals surface area contributed by atoms with Crippen LogP contribution in [-0.2, 0) is 4.79 Å². The molecular formula is C25H21N3OS. The van der Waals surface area contributed by atoms with Gasteiger partial charge in [0.1, 0.15) is 0 Å². The van der Waals surface area contributed by atoms with E-state index in [1.807, 2.05) is 97.9 Å². The molecule has 0 aliphatic rings. The summed E-state index contributed by atoms with van der Waals surface area (Å²) >= 11 is 1.33. The second-order valence-corrected chi connectivity index (χ2v) is 7.80. The lowest BCUT2D eigenvalue weighted by molar-refractivity contribution is -0.113. The highest BCUT2D eigenvalue weighted by molar-refractivity contribution is 7.99. The minimum absolute atomic E-state index is 0.0844. The largest absolute Gasteiger partial charge is 0.325 e. The molecule has 4 aromatic rings. The maximum atomic E-state index is 12.4. The van der Waals surface area contributed by atoms with Gasteiger partial charge in [0.15, 0.2) is 5.16 Å². The van der Waals surface area contributed by atoms with E-state index in [0.29, 0.717) is 5.16 Å². The number of amides is 1. The Morgan fingerprint density at radius 2 is 1.33 bits per heavy atom. The quantitative estimate of drug-likeness (QED) is 0.319. The number of carbonyl (C=O) groups excluding carboxylic acids is 1. The van der Waals surface area contributed by atoms with E-state index in [9.17, 15) is 4.79 Å². The molecule has 0 bridgehead atoms. The minimum Gasteiger partial charge on any atom is -0.325 e. The van der Waals surface area contributed by atoms with Crippen molar-refractivity contribution in [3.05, 3.63) is 96.6 Å². The van der Waals surface area contributed by atoms with Gasteiger partial charge >= 0.3 is 0 Å². The number of hydrogen-bond acceptors (Lipinski definition) is 4. The standard InChI is InChI=1S/C25H21N3OS/c1-18-12-14-21(15-13-18)26-24(29)17-30-25-27-22(19-8-4-2-5-9-19)16-23(28-25)20-10-6-3-7-11-20/h2-16H,17H2,1H3,(H,26,29). The summed E-state index contributed by atoms with van der Waals surface area (Å²) < 4.78 is 0. The maximum absolute atomic E-state index is 12.4. The number of thioether (sulfide) groups is 1. The maximum Gasteiger partial charge on any atom is 0.234 e. The molecule has 0 spiro atoms. The Morgan fingerprint density at radius 3 is 1.87 bits per heavy atom. The van der Waals surface area contributed by atoms with Crippen molar-refractivity contribution in [2.75, 3.05) is 11.1 Å². The van der Waals surface area contributed by atoms with Crippen LogP contribution in [0.1, 0.15) is 5.56 Å². The highest BCUT2D eigenvalue weighted by Gasteiger charge is 2.11. The molecule has 0 aliphatic carbocycles. The number of aromatic nitrogens is 2. The highest BCUT2D eigenvalue weighted by atomic mass is 32.2. The Morgan fingerprint density at radius 1 is 0.800 bits per heavy atom. The minimum atomic E-state index is -0.0844. The van der Waals surface area contributed by atoms with Crippen molar-refractivity contribution in [2.24, 2.45) is 0 Å². The first-order valence-electron chi connectivity index (χ1n) is 9.66. The van der Waals surface area contributed by atoms with Gasteiger partial charge in [-0.1, -0.05) is 90.1 Å². The van der Waals surface area contributed by atoms with Gasteiger partial charge in [0.05, 0.1) is 17.1 Å². The molecule has 1 aromatic heterocycles. The van der Waals surface area contributed by atoms with Gasteiger partial charge in [0.2, 0.25) is 5.91 Å². The van der Waals surface area contributed by atoms with Crippen LogP contribution in [0.5, 0.6) is 0 Å². The molecule has 3 aromatic carbocycles. The molecule has 0 saturated carbocycles. The lowest BCUT2D eigenvalue weighted by Crippen LogP contribution is -2.14. The molecule has 0 aliphatic heterocycles. The van der Waals surface area contributed by atoms with Crippen molar-refractivity contribution in [3.63, 3.8) is 0 Å². The number of nitrogens with one attached hydrogen (secondary N) is 1. The van der Waals surface area contributed by atoms with E-state index in [2.05, 4.69) is 5.32 Å². The average Bonchev–Trinajstić information content (AvgIpc) is 2.80. The summed E-state index contributed by atoms with van der Waals surface area (Å²) in [6, 6.07) is 29.7. The number of benzene rings is 3. The van der Waals surface area contributed by atoms with Crippen molar-refractivity contribution in [1.29, 1.82) is 0 Å². The van der Waals surface area contributed by atoms with Crippen LogP contribution in [0.3, 0.4) is 0 Å². The van der Waals surface area contributed by atoms with Crippen LogP contribution in [0.2, 0.25) is 0 Å². The first-order chi connectivity index (χ1) is 14.7. The van der Waals surface area contributed by atoms with Gasteiger partial charge in [-0.2, -0.15) is 0 Å². The van der Waals surface area contributed by atoms with Gasteiger partial charge < -0.3 is 5.32 Å². The molecule has 0 radical (unpaired) electrons. The van der Waals surface area contributed by atoms with E-state index in [-0.39, 0.29) is 11.7 Å². The van der Waals surface area contributed by atoms with Crippen molar-refractivity contribution < 1.29 is 4.79 Å². The highest BCUT2D eigenvalue weighted by Crippen LogP contribution is 2.27. The van der Waals surface area contributed by atoms with Gasteiger partial charge in [-0.3, -0.25) is 4.79 Å². The Bertz CT molecular complexity index is 1070. The Labute approximate surface area is 180 Å². The van der Waals surface area contributed by atoms with Crippen molar-refractivity contribution in [1.82, 2.24) is 9.97 Å². The van der Waals surface area contributed by atoms with Gasteiger partial charge in [0.25, 0.3) is 0 Å². The van der Waals surface area contributed by atoms with E-state index in [4.69, 9.17) is 9.97 Å². The number of carbonyl (C=O) groups is 1. The predicted molar refractivity (Wildman–Crippen MR) is 123 cm³/mol. The number of rotatable bonds is 6. The molecule has 4 nitrogen and oxygen atoms in total. The number of aryl methyl sites for hydroxylation is 1. The summed E-state index contributed by atoms with van der Waals surface area (Å²) in [5.41, 5.74) is 5.65. The smallest absolute Gasteiger partial charge is 0.234 e. The fourth-order valence-corrected chi connectivity index (χ4v) is 3.63. The molecule has 1 heterocycles. The van der Waals surface area contributed by atoms with Crippen LogP contribution in [0.25, 0.3) is 22.5 Å². The summed E-state index contributed by atoms with van der Waals surface area (Å²) in [5.74, 6) is 0.152. The molecule has 30 heavy (non-hydrogen) atoms. The van der Waals surface area contributed by atoms with Gasteiger partial charge in [-0.25, -0.2) is 9.97 Å². The SMILES string of the molecule is Cc1ccc(NC(=O)CSc2nc(-c3ccccc3)cc(-c3ccccc3)n2)cc1. The number of hydrogen-bond donors (Lipinski definition) is 1. The molecule has 4 rings (SSSR count). The third kappa shape index (κ3) is 5.13. The Balaban J connectivity index is 1.56. The summed E-state index contributed by atoms with van der Waals surface area (Å²) in [7, 11) is 0. The van der Waals surface area contributed by atoms with Crippen molar-refractivity contribution >= 4 is 23.4 Å². The average molecular weight is 412 g/mol. The molecule has 148 valence electrons. The molecule has 1 N–H and O–H groups in total. The lowest BCUT2D eigenvalue weighted by atomic mass is 10.1. The van der Waals surface area contributed by atoms with Crippen LogP contribution < -0.4 is 5.32 Å². The fraction of sp³-hybridized carbons (Fsp3) is 0.0800. The number of nitrogens with zero attached hydrogens (tertiary/aromatic N) is 2. The molecule has 1 amide bonds. The lowest BCUT2D eigenvalue weighted by Gasteiger charge is -2.09. The van der Waals surface area contributed by atoms with Crippen LogP contribution in [-0.4, -0.2) is 21.6 Å². The third-order valence-electron chi connectivity index (χ3n) is 4.51. The molecule has 0 fully saturated rings. The van der Waals surface area contributed by atoms with E-state index >= 15 is 0 Å². The van der Waals surface area contributed by atoms with Crippen molar-refractivity contribution in [2.45, 2.75) is 12.1 Å². The first-order valence-corrected chi connectivity index (χ1v) is 10.7. The molecule has 0 unspecified atom stereocenters. The van der Waals surface area contributed by atoms with Crippen LogP contribution in [0.4, 0.5) is 5.69 Å². The summed E-state index contributed by atoms with van der Waals surface area (Å²) in [5, 5.41) is 3.49. The van der Waals surface area contributed by atoms with E-state index in [1.165, 1.54) is 11.8 Å².